The number of aromatic nitrogens is 3. The third kappa shape index (κ3) is 3.60. The molecule has 0 saturated carbocycles. The van der Waals surface area contributed by atoms with Crippen molar-refractivity contribution in [2.24, 2.45) is 0 Å². The molecule has 2 N–H and O–H groups in total. The molecular formula is C17H14N6. The van der Waals surface area contributed by atoms with Crippen molar-refractivity contribution in [3.8, 4) is 6.07 Å². The van der Waals surface area contributed by atoms with E-state index in [1.54, 1.807) is 12.1 Å². The summed E-state index contributed by atoms with van der Waals surface area (Å²) in [6.07, 6.45) is 1.53. The van der Waals surface area contributed by atoms with Gasteiger partial charge in [0.15, 0.2) is 5.82 Å². The van der Waals surface area contributed by atoms with Gasteiger partial charge in [0.2, 0.25) is 5.95 Å². The normalized spacial score (nSPS) is 9.91. The van der Waals surface area contributed by atoms with Crippen molar-refractivity contribution < 1.29 is 0 Å². The third-order valence-corrected chi connectivity index (χ3v) is 3.21. The van der Waals surface area contributed by atoms with Gasteiger partial charge in [-0.05, 0) is 36.8 Å². The molecule has 0 aliphatic carbocycles. The van der Waals surface area contributed by atoms with Gasteiger partial charge in [-0.2, -0.15) is 15.3 Å². The smallest absolute Gasteiger partial charge is 0.249 e. The predicted molar refractivity (Wildman–Crippen MR) is 88.7 cm³/mol. The van der Waals surface area contributed by atoms with Crippen molar-refractivity contribution in [2.75, 3.05) is 10.6 Å². The number of nitrogens with one attached hydrogen (secondary N) is 2. The Bertz CT molecular complexity index is 869. The molecule has 2 aromatic carbocycles. The largest absolute Gasteiger partial charge is 0.339 e. The van der Waals surface area contributed by atoms with E-state index >= 15 is 0 Å². The predicted octanol–water partition coefficient (Wildman–Crippen LogP) is 3.54. The number of nitriles is 1. The van der Waals surface area contributed by atoms with Crippen LogP contribution in [0.3, 0.4) is 0 Å². The van der Waals surface area contributed by atoms with Gasteiger partial charge in [0, 0.05) is 11.4 Å². The van der Waals surface area contributed by atoms with Gasteiger partial charge in [-0.1, -0.05) is 24.3 Å². The minimum atomic E-state index is 0.403. The molecule has 0 bridgehead atoms. The number of benzene rings is 2. The monoisotopic (exact) mass is 302 g/mol. The lowest BCUT2D eigenvalue weighted by atomic mass is 10.2. The molecule has 23 heavy (non-hydrogen) atoms. The molecule has 0 aliphatic heterocycles. The Morgan fingerprint density at radius 3 is 2.74 bits per heavy atom. The Hall–Kier alpha value is -3.46. The molecule has 1 aromatic heterocycles. The molecule has 3 rings (SSSR count). The highest BCUT2D eigenvalue weighted by Gasteiger charge is 2.04. The topological polar surface area (TPSA) is 86.5 Å². The number of rotatable bonds is 4. The van der Waals surface area contributed by atoms with Crippen LogP contribution in [0.15, 0.2) is 54.7 Å². The molecule has 0 aliphatic rings. The van der Waals surface area contributed by atoms with Crippen molar-refractivity contribution in [3.63, 3.8) is 0 Å². The lowest BCUT2D eigenvalue weighted by Gasteiger charge is -2.09. The van der Waals surface area contributed by atoms with Gasteiger partial charge >= 0.3 is 0 Å². The van der Waals surface area contributed by atoms with Crippen LogP contribution < -0.4 is 10.6 Å². The fraction of sp³-hybridized carbons (Fsp3) is 0.0588. The quantitative estimate of drug-likeness (QED) is 0.766. The van der Waals surface area contributed by atoms with E-state index in [-0.39, 0.29) is 0 Å². The molecule has 0 atom stereocenters. The fourth-order valence-corrected chi connectivity index (χ4v) is 2.06. The zero-order valence-corrected chi connectivity index (χ0v) is 12.5. The van der Waals surface area contributed by atoms with Gasteiger partial charge in [0.25, 0.3) is 0 Å². The van der Waals surface area contributed by atoms with Crippen LogP contribution >= 0.6 is 0 Å². The van der Waals surface area contributed by atoms with E-state index in [4.69, 9.17) is 5.26 Å². The zero-order chi connectivity index (χ0) is 16.1. The van der Waals surface area contributed by atoms with Crippen molar-refractivity contribution in [1.29, 1.82) is 5.26 Å². The zero-order valence-electron chi connectivity index (χ0n) is 12.5. The molecule has 0 amide bonds. The van der Waals surface area contributed by atoms with Crippen LogP contribution in [-0.2, 0) is 0 Å². The lowest BCUT2D eigenvalue weighted by Crippen LogP contribution is -2.03. The Morgan fingerprint density at radius 2 is 1.91 bits per heavy atom. The van der Waals surface area contributed by atoms with E-state index in [0.29, 0.717) is 17.3 Å². The summed E-state index contributed by atoms with van der Waals surface area (Å²) >= 11 is 0. The minimum absolute atomic E-state index is 0.403. The van der Waals surface area contributed by atoms with Gasteiger partial charge < -0.3 is 10.6 Å². The number of nitrogens with zero attached hydrogens (tertiary/aromatic N) is 4. The summed E-state index contributed by atoms with van der Waals surface area (Å²) in [5.41, 5.74) is 3.37. The van der Waals surface area contributed by atoms with Gasteiger partial charge in [-0.15, -0.1) is 5.10 Å². The Kier molecular flexibility index (Phi) is 4.11. The van der Waals surface area contributed by atoms with Crippen LogP contribution in [0.4, 0.5) is 23.1 Å². The second kappa shape index (κ2) is 6.54. The average Bonchev–Trinajstić information content (AvgIpc) is 2.57. The van der Waals surface area contributed by atoms with Crippen LogP contribution in [0.5, 0.6) is 0 Å². The van der Waals surface area contributed by atoms with Crippen LogP contribution in [-0.4, -0.2) is 15.2 Å². The van der Waals surface area contributed by atoms with Crippen LogP contribution in [0.2, 0.25) is 0 Å². The summed E-state index contributed by atoms with van der Waals surface area (Å²) in [7, 11) is 0. The summed E-state index contributed by atoms with van der Waals surface area (Å²) < 4.78 is 0. The van der Waals surface area contributed by atoms with Crippen LogP contribution in [0.25, 0.3) is 0 Å². The molecule has 6 nitrogen and oxygen atoms in total. The Morgan fingerprint density at radius 1 is 1.04 bits per heavy atom. The first kappa shape index (κ1) is 14.5. The summed E-state index contributed by atoms with van der Waals surface area (Å²) in [5, 5.41) is 23.1. The average molecular weight is 302 g/mol. The number of hydrogen-bond acceptors (Lipinski definition) is 6. The Labute approximate surface area is 133 Å². The number of anilines is 4. The highest BCUT2D eigenvalue weighted by Crippen LogP contribution is 2.19. The molecule has 0 fully saturated rings. The molecule has 0 unspecified atom stereocenters. The maximum Gasteiger partial charge on any atom is 0.249 e. The van der Waals surface area contributed by atoms with Crippen molar-refractivity contribution in [3.05, 3.63) is 65.9 Å². The van der Waals surface area contributed by atoms with Gasteiger partial charge in [0.1, 0.15) is 0 Å². The second-order valence-corrected chi connectivity index (χ2v) is 4.92. The maximum atomic E-state index is 8.94. The number of aryl methyl sites for hydroxylation is 1. The summed E-state index contributed by atoms with van der Waals surface area (Å²) in [6, 6.07) is 17.1. The SMILES string of the molecule is Cc1ccccc1Nc1nncc(Nc2cccc(C#N)c2)n1. The summed E-state index contributed by atoms with van der Waals surface area (Å²) in [6.45, 7) is 2.01. The van der Waals surface area contributed by atoms with E-state index in [0.717, 1.165) is 16.9 Å². The van der Waals surface area contributed by atoms with E-state index in [9.17, 15) is 0 Å². The molecule has 6 heteroatoms. The van der Waals surface area contributed by atoms with Gasteiger partial charge in [-0.25, -0.2) is 0 Å². The second-order valence-electron chi connectivity index (χ2n) is 4.92. The summed E-state index contributed by atoms with van der Waals surface area (Å²) in [4.78, 5) is 4.38. The molecule has 3 aromatic rings. The molecule has 1 heterocycles. The van der Waals surface area contributed by atoms with E-state index in [1.165, 1.54) is 6.20 Å². The first-order valence-corrected chi connectivity index (χ1v) is 7.04. The van der Waals surface area contributed by atoms with E-state index < -0.39 is 0 Å². The lowest BCUT2D eigenvalue weighted by molar-refractivity contribution is 0.982. The third-order valence-electron chi connectivity index (χ3n) is 3.21. The first-order chi connectivity index (χ1) is 11.2. The standard InChI is InChI=1S/C17H14N6/c1-12-5-2-3-8-15(12)21-17-22-16(11-19-23-17)20-14-7-4-6-13(9-14)10-18/h2-9,11H,1H3,(H2,20,21,22,23). The molecule has 0 saturated heterocycles. The minimum Gasteiger partial charge on any atom is -0.339 e. The highest BCUT2D eigenvalue weighted by atomic mass is 15.3. The highest BCUT2D eigenvalue weighted by molar-refractivity contribution is 5.61. The first-order valence-electron chi connectivity index (χ1n) is 7.04. The van der Waals surface area contributed by atoms with Crippen molar-refractivity contribution >= 4 is 23.1 Å². The molecule has 0 spiro atoms. The van der Waals surface area contributed by atoms with Crippen molar-refractivity contribution in [1.82, 2.24) is 15.2 Å². The summed E-state index contributed by atoms with van der Waals surface area (Å²) in [5.74, 6) is 0.951. The molecular weight excluding hydrogens is 288 g/mol. The Balaban J connectivity index is 1.80. The van der Waals surface area contributed by atoms with Gasteiger partial charge in [0.05, 0.1) is 17.8 Å². The van der Waals surface area contributed by atoms with E-state index in [2.05, 4.69) is 31.9 Å². The van der Waals surface area contributed by atoms with Crippen LogP contribution in [0, 0.1) is 18.3 Å². The van der Waals surface area contributed by atoms with Crippen molar-refractivity contribution in [2.45, 2.75) is 6.92 Å². The molecule has 0 radical (unpaired) electrons. The molecule has 112 valence electrons. The van der Waals surface area contributed by atoms with Crippen LogP contribution in [0.1, 0.15) is 11.1 Å². The maximum absolute atomic E-state index is 8.94. The number of para-hydroxylation sites is 1. The van der Waals surface area contributed by atoms with Gasteiger partial charge in [-0.3, -0.25) is 0 Å². The fourth-order valence-electron chi connectivity index (χ4n) is 2.06. The van der Waals surface area contributed by atoms with E-state index in [1.807, 2.05) is 43.3 Å². The number of hydrogen-bond donors (Lipinski definition) is 2.